The van der Waals surface area contributed by atoms with Crippen molar-refractivity contribution in [2.45, 2.75) is 33.2 Å². The highest BCUT2D eigenvalue weighted by Crippen LogP contribution is 2.28. The zero-order valence-electron chi connectivity index (χ0n) is 10.8. The lowest BCUT2D eigenvalue weighted by Crippen LogP contribution is -2.14. The molecular weight excluding hydrogens is 308 g/mol. The van der Waals surface area contributed by atoms with Gasteiger partial charge in [0.1, 0.15) is 0 Å². The van der Waals surface area contributed by atoms with E-state index in [0.717, 1.165) is 27.2 Å². The molecule has 0 spiro atoms. The SMILES string of the molecule is Cc1cccc(C(N)Cc2nc(C)c(C)s2)c1Br. The first-order chi connectivity index (χ1) is 8.49. The first-order valence-corrected chi connectivity index (χ1v) is 7.53. The third kappa shape index (κ3) is 2.82. The van der Waals surface area contributed by atoms with Gasteiger partial charge in [-0.25, -0.2) is 4.98 Å². The summed E-state index contributed by atoms with van der Waals surface area (Å²) < 4.78 is 1.11. The second-order valence-electron chi connectivity index (χ2n) is 4.54. The summed E-state index contributed by atoms with van der Waals surface area (Å²) >= 11 is 5.36. The van der Waals surface area contributed by atoms with Crippen molar-refractivity contribution in [1.29, 1.82) is 0 Å². The fourth-order valence-electron chi connectivity index (χ4n) is 1.88. The molecule has 18 heavy (non-hydrogen) atoms. The van der Waals surface area contributed by atoms with Crippen LogP contribution < -0.4 is 5.73 Å². The fourth-order valence-corrected chi connectivity index (χ4v) is 3.43. The molecule has 2 aromatic rings. The van der Waals surface area contributed by atoms with Gasteiger partial charge in [0.15, 0.2) is 0 Å². The van der Waals surface area contributed by atoms with Crippen molar-refractivity contribution in [2.75, 3.05) is 0 Å². The van der Waals surface area contributed by atoms with Crippen LogP contribution in [0, 0.1) is 20.8 Å². The van der Waals surface area contributed by atoms with Crippen molar-refractivity contribution >= 4 is 27.3 Å². The lowest BCUT2D eigenvalue weighted by molar-refractivity contribution is 0.712. The first-order valence-electron chi connectivity index (χ1n) is 5.92. The van der Waals surface area contributed by atoms with Gasteiger partial charge in [-0.1, -0.05) is 34.1 Å². The monoisotopic (exact) mass is 324 g/mol. The normalized spacial score (nSPS) is 12.7. The summed E-state index contributed by atoms with van der Waals surface area (Å²) in [5.74, 6) is 0. The van der Waals surface area contributed by atoms with Gasteiger partial charge in [-0.15, -0.1) is 11.3 Å². The fraction of sp³-hybridized carbons (Fsp3) is 0.357. The number of hydrogen-bond donors (Lipinski definition) is 1. The van der Waals surface area contributed by atoms with E-state index in [-0.39, 0.29) is 6.04 Å². The minimum atomic E-state index is -0.00998. The molecule has 2 N–H and O–H groups in total. The van der Waals surface area contributed by atoms with E-state index in [1.165, 1.54) is 10.4 Å². The van der Waals surface area contributed by atoms with E-state index in [2.05, 4.69) is 46.9 Å². The summed E-state index contributed by atoms with van der Waals surface area (Å²) in [7, 11) is 0. The molecule has 2 rings (SSSR count). The van der Waals surface area contributed by atoms with E-state index in [1.807, 2.05) is 13.0 Å². The predicted molar refractivity (Wildman–Crippen MR) is 81.1 cm³/mol. The predicted octanol–water partition coefficient (Wildman–Crippen LogP) is 4.07. The summed E-state index contributed by atoms with van der Waals surface area (Å²) in [4.78, 5) is 5.83. The Morgan fingerprint density at radius 2 is 2.06 bits per heavy atom. The summed E-state index contributed by atoms with van der Waals surface area (Å²) in [6.07, 6.45) is 0.793. The van der Waals surface area contributed by atoms with Gasteiger partial charge >= 0.3 is 0 Å². The van der Waals surface area contributed by atoms with Crippen molar-refractivity contribution in [2.24, 2.45) is 5.73 Å². The lowest BCUT2D eigenvalue weighted by atomic mass is 10.0. The average Bonchev–Trinajstić information content (AvgIpc) is 2.61. The number of nitrogens with zero attached hydrogens (tertiary/aromatic N) is 1. The minimum Gasteiger partial charge on any atom is -0.324 e. The van der Waals surface area contributed by atoms with E-state index >= 15 is 0 Å². The molecule has 0 saturated carbocycles. The van der Waals surface area contributed by atoms with Gasteiger partial charge in [-0.05, 0) is 31.9 Å². The molecule has 96 valence electrons. The second kappa shape index (κ2) is 5.51. The highest BCUT2D eigenvalue weighted by molar-refractivity contribution is 9.10. The van der Waals surface area contributed by atoms with Crippen LogP contribution in [0.15, 0.2) is 22.7 Å². The minimum absolute atomic E-state index is 0.00998. The Bertz CT molecular complexity index is 543. The molecule has 1 unspecified atom stereocenters. The maximum Gasteiger partial charge on any atom is 0.0949 e. The van der Waals surface area contributed by atoms with Crippen LogP contribution >= 0.6 is 27.3 Å². The first kappa shape index (κ1) is 13.7. The van der Waals surface area contributed by atoms with Crippen LogP contribution in [0.2, 0.25) is 0 Å². The smallest absolute Gasteiger partial charge is 0.0949 e. The van der Waals surface area contributed by atoms with Gasteiger partial charge < -0.3 is 5.73 Å². The molecule has 0 radical (unpaired) electrons. The topological polar surface area (TPSA) is 38.9 Å². The van der Waals surface area contributed by atoms with Crippen LogP contribution in [0.1, 0.15) is 32.7 Å². The summed E-state index contributed by atoms with van der Waals surface area (Å²) in [5.41, 5.74) is 9.78. The molecular formula is C14H17BrN2S. The summed E-state index contributed by atoms with van der Waals surface area (Å²) in [5, 5.41) is 1.12. The third-order valence-electron chi connectivity index (χ3n) is 3.09. The Morgan fingerprint density at radius 3 is 2.67 bits per heavy atom. The van der Waals surface area contributed by atoms with Crippen molar-refractivity contribution in [1.82, 2.24) is 4.98 Å². The van der Waals surface area contributed by atoms with Crippen LogP contribution in [0.4, 0.5) is 0 Å². The number of aromatic nitrogens is 1. The number of hydrogen-bond acceptors (Lipinski definition) is 3. The van der Waals surface area contributed by atoms with Crippen LogP contribution in [-0.2, 0) is 6.42 Å². The Morgan fingerprint density at radius 1 is 1.33 bits per heavy atom. The standard InChI is InChI=1S/C14H17BrN2S/c1-8-5-4-6-11(14(8)15)12(16)7-13-17-9(2)10(3)18-13/h4-6,12H,7,16H2,1-3H3. The number of halogens is 1. The number of nitrogens with two attached hydrogens (primary N) is 1. The number of aryl methyl sites for hydroxylation is 3. The number of rotatable bonds is 3. The van der Waals surface area contributed by atoms with E-state index in [9.17, 15) is 0 Å². The molecule has 1 heterocycles. The highest BCUT2D eigenvalue weighted by Gasteiger charge is 2.14. The van der Waals surface area contributed by atoms with Crippen molar-refractivity contribution in [3.8, 4) is 0 Å². The summed E-state index contributed by atoms with van der Waals surface area (Å²) in [6.45, 7) is 6.23. The largest absolute Gasteiger partial charge is 0.324 e. The molecule has 1 atom stereocenters. The Labute approximate surface area is 120 Å². The molecule has 2 nitrogen and oxygen atoms in total. The van der Waals surface area contributed by atoms with Crippen molar-refractivity contribution < 1.29 is 0 Å². The molecule has 1 aromatic carbocycles. The van der Waals surface area contributed by atoms with E-state index in [1.54, 1.807) is 11.3 Å². The Kier molecular flexibility index (Phi) is 4.20. The second-order valence-corrected chi connectivity index (χ2v) is 6.62. The molecule has 0 amide bonds. The molecule has 0 aliphatic heterocycles. The van der Waals surface area contributed by atoms with Gasteiger partial charge in [-0.3, -0.25) is 0 Å². The van der Waals surface area contributed by atoms with Gasteiger partial charge in [0, 0.05) is 21.8 Å². The van der Waals surface area contributed by atoms with E-state index in [0.29, 0.717) is 0 Å². The van der Waals surface area contributed by atoms with Crippen LogP contribution in [0.5, 0.6) is 0 Å². The molecule has 1 aromatic heterocycles. The van der Waals surface area contributed by atoms with Crippen molar-refractivity contribution in [3.05, 3.63) is 49.4 Å². The molecule has 0 aliphatic carbocycles. The van der Waals surface area contributed by atoms with Crippen LogP contribution in [0.25, 0.3) is 0 Å². The molecule has 0 bridgehead atoms. The average molecular weight is 325 g/mol. The number of thiazole rings is 1. The van der Waals surface area contributed by atoms with Gasteiger partial charge in [-0.2, -0.15) is 0 Å². The maximum absolute atomic E-state index is 6.29. The maximum atomic E-state index is 6.29. The van der Waals surface area contributed by atoms with Gasteiger partial charge in [0.05, 0.1) is 10.7 Å². The molecule has 0 fully saturated rings. The molecule has 0 saturated heterocycles. The van der Waals surface area contributed by atoms with Gasteiger partial charge in [0.25, 0.3) is 0 Å². The van der Waals surface area contributed by atoms with E-state index in [4.69, 9.17) is 5.73 Å². The number of benzene rings is 1. The lowest BCUT2D eigenvalue weighted by Gasteiger charge is -2.13. The highest BCUT2D eigenvalue weighted by atomic mass is 79.9. The molecule has 0 aliphatic rings. The van der Waals surface area contributed by atoms with Crippen LogP contribution in [-0.4, -0.2) is 4.98 Å². The third-order valence-corrected chi connectivity index (χ3v) is 5.27. The zero-order chi connectivity index (χ0) is 13.3. The summed E-state index contributed by atoms with van der Waals surface area (Å²) in [6, 6.07) is 6.20. The Hall–Kier alpha value is -0.710. The van der Waals surface area contributed by atoms with Crippen LogP contribution in [0.3, 0.4) is 0 Å². The Balaban J connectivity index is 2.21. The van der Waals surface area contributed by atoms with E-state index < -0.39 is 0 Å². The zero-order valence-corrected chi connectivity index (χ0v) is 13.2. The molecule has 4 heteroatoms. The van der Waals surface area contributed by atoms with Crippen molar-refractivity contribution in [3.63, 3.8) is 0 Å². The quantitative estimate of drug-likeness (QED) is 0.924. The van der Waals surface area contributed by atoms with Gasteiger partial charge in [0.2, 0.25) is 0 Å².